The molecule has 126 valence electrons. The first-order valence-electron chi connectivity index (χ1n) is 7.41. The molecule has 1 atom stereocenters. The van der Waals surface area contributed by atoms with E-state index >= 15 is 0 Å². The van der Waals surface area contributed by atoms with E-state index in [0.29, 0.717) is 0 Å². The van der Waals surface area contributed by atoms with E-state index in [1.165, 1.54) is 18.2 Å². The first kappa shape index (κ1) is 17.5. The molecule has 6 heteroatoms. The monoisotopic (exact) mass is 328 g/mol. The number of nitrogens with two attached hydrogens (primary N) is 1. The number of hydrogen-bond acceptors (Lipinski definition) is 4. The van der Waals surface area contributed by atoms with Gasteiger partial charge in [-0.3, -0.25) is 4.79 Å². The highest BCUT2D eigenvalue weighted by atomic mass is 16.4. The van der Waals surface area contributed by atoms with Crippen LogP contribution in [0.15, 0.2) is 30.3 Å². The fourth-order valence-corrected chi connectivity index (χ4v) is 2.82. The van der Waals surface area contributed by atoms with E-state index in [-0.39, 0.29) is 17.0 Å². The van der Waals surface area contributed by atoms with Gasteiger partial charge in [0.2, 0.25) is 5.91 Å². The van der Waals surface area contributed by atoms with Crippen molar-refractivity contribution < 1.29 is 19.8 Å². The van der Waals surface area contributed by atoms with Crippen LogP contribution in [0.4, 0.5) is 5.69 Å². The van der Waals surface area contributed by atoms with E-state index in [4.69, 9.17) is 10.8 Å². The molecule has 0 aromatic heterocycles. The van der Waals surface area contributed by atoms with E-state index in [1.807, 2.05) is 32.9 Å². The Morgan fingerprint density at radius 3 is 2.21 bits per heavy atom. The van der Waals surface area contributed by atoms with Crippen LogP contribution in [0.1, 0.15) is 38.7 Å². The molecule has 0 aliphatic carbocycles. The van der Waals surface area contributed by atoms with Gasteiger partial charge in [-0.05, 0) is 55.7 Å². The zero-order chi connectivity index (χ0) is 18.0. The van der Waals surface area contributed by atoms with Crippen LogP contribution >= 0.6 is 0 Å². The van der Waals surface area contributed by atoms with Gasteiger partial charge in [-0.1, -0.05) is 17.7 Å². The predicted molar refractivity (Wildman–Crippen MR) is 91.3 cm³/mol. The van der Waals surface area contributed by atoms with Gasteiger partial charge in [0.15, 0.2) is 0 Å². The summed E-state index contributed by atoms with van der Waals surface area (Å²) in [6, 6.07) is 6.86. The lowest BCUT2D eigenvalue weighted by molar-refractivity contribution is -0.117. The lowest BCUT2D eigenvalue weighted by atomic mass is 9.94. The van der Waals surface area contributed by atoms with E-state index in [9.17, 15) is 14.7 Å². The van der Waals surface area contributed by atoms with Crippen LogP contribution in [0.3, 0.4) is 0 Å². The number of carbonyl (C=O) groups is 2. The zero-order valence-corrected chi connectivity index (χ0v) is 13.8. The molecule has 24 heavy (non-hydrogen) atoms. The maximum absolute atomic E-state index is 12.4. The van der Waals surface area contributed by atoms with Crippen molar-refractivity contribution >= 4 is 17.6 Å². The second-order valence-corrected chi connectivity index (χ2v) is 5.82. The molecule has 5 N–H and O–H groups in total. The third-order valence-electron chi connectivity index (χ3n) is 3.83. The quantitative estimate of drug-likeness (QED) is 0.645. The standard InChI is InChI=1S/C18H20N2O4/c1-9-6-10(2)15(11(3)7-9)16(19)17(22)20-12-4-5-14(21)13(8-12)18(23)24/h4-8,16,21H,19H2,1-3H3,(H,20,22)(H,23,24). The summed E-state index contributed by atoms with van der Waals surface area (Å²) < 4.78 is 0. The Labute approximate surface area is 139 Å². The molecule has 2 rings (SSSR count). The summed E-state index contributed by atoms with van der Waals surface area (Å²) in [7, 11) is 0. The topological polar surface area (TPSA) is 113 Å². The van der Waals surface area contributed by atoms with Gasteiger partial charge in [0.05, 0.1) is 0 Å². The lowest BCUT2D eigenvalue weighted by Crippen LogP contribution is -2.29. The van der Waals surface area contributed by atoms with Crippen molar-refractivity contribution in [3.8, 4) is 5.75 Å². The van der Waals surface area contributed by atoms with Crippen molar-refractivity contribution in [2.24, 2.45) is 5.73 Å². The Kier molecular flexibility index (Phi) is 4.90. The number of phenols is 1. The highest BCUT2D eigenvalue weighted by Gasteiger charge is 2.21. The molecule has 2 aromatic carbocycles. The van der Waals surface area contributed by atoms with E-state index in [0.717, 1.165) is 22.3 Å². The van der Waals surface area contributed by atoms with Gasteiger partial charge in [-0.2, -0.15) is 0 Å². The van der Waals surface area contributed by atoms with Crippen LogP contribution in [-0.2, 0) is 4.79 Å². The number of carboxylic acid groups (broad SMARTS) is 1. The Morgan fingerprint density at radius 2 is 1.67 bits per heavy atom. The number of carboxylic acids is 1. The normalized spacial score (nSPS) is 11.8. The number of hydrogen-bond donors (Lipinski definition) is 4. The first-order valence-corrected chi connectivity index (χ1v) is 7.41. The minimum atomic E-state index is -1.28. The van der Waals surface area contributed by atoms with Crippen LogP contribution in [0, 0.1) is 20.8 Å². The Bertz CT molecular complexity index is 792. The summed E-state index contributed by atoms with van der Waals surface area (Å²) in [5, 5.41) is 21.1. The molecule has 0 heterocycles. The summed E-state index contributed by atoms with van der Waals surface area (Å²) in [6.45, 7) is 5.76. The minimum absolute atomic E-state index is 0.257. The number of benzene rings is 2. The number of rotatable bonds is 4. The number of carbonyl (C=O) groups excluding carboxylic acids is 1. The van der Waals surface area contributed by atoms with Crippen LogP contribution in [0.25, 0.3) is 0 Å². The van der Waals surface area contributed by atoms with Crippen molar-refractivity contribution in [2.45, 2.75) is 26.8 Å². The SMILES string of the molecule is Cc1cc(C)c(C(N)C(=O)Nc2ccc(O)c(C(=O)O)c2)c(C)c1. The molecule has 0 saturated heterocycles. The second kappa shape index (κ2) is 6.72. The highest BCUT2D eigenvalue weighted by molar-refractivity contribution is 5.98. The van der Waals surface area contributed by atoms with Gasteiger partial charge in [0.25, 0.3) is 0 Å². The van der Waals surface area contributed by atoms with E-state index in [2.05, 4.69) is 5.32 Å². The van der Waals surface area contributed by atoms with Gasteiger partial charge in [-0.25, -0.2) is 4.79 Å². The second-order valence-electron chi connectivity index (χ2n) is 5.82. The van der Waals surface area contributed by atoms with Crippen LogP contribution in [0.5, 0.6) is 5.75 Å². The highest BCUT2D eigenvalue weighted by Crippen LogP contribution is 2.25. The predicted octanol–water partition coefficient (Wildman–Crippen LogP) is 2.65. The van der Waals surface area contributed by atoms with Gasteiger partial charge >= 0.3 is 5.97 Å². The smallest absolute Gasteiger partial charge is 0.339 e. The summed E-state index contributed by atoms with van der Waals surface area (Å²) >= 11 is 0. The third-order valence-corrected chi connectivity index (χ3v) is 3.83. The van der Waals surface area contributed by atoms with Crippen molar-refractivity contribution in [3.63, 3.8) is 0 Å². The molecule has 0 aliphatic heterocycles. The molecule has 0 spiro atoms. The maximum atomic E-state index is 12.4. The maximum Gasteiger partial charge on any atom is 0.339 e. The minimum Gasteiger partial charge on any atom is -0.507 e. The number of nitrogens with one attached hydrogen (secondary N) is 1. The number of aromatic carboxylic acids is 1. The Morgan fingerprint density at radius 1 is 1.08 bits per heavy atom. The third kappa shape index (κ3) is 3.55. The van der Waals surface area contributed by atoms with E-state index in [1.54, 1.807) is 0 Å². The molecule has 0 radical (unpaired) electrons. The Hall–Kier alpha value is -2.86. The van der Waals surface area contributed by atoms with Crippen molar-refractivity contribution in [3.05, 3.63) is 58.1 Å². The fraction of sp³-hybridized carbons (Fsp3) is 0.222. The van der Waals surface area contributed by atoms with Crippen molar-refractivity contribution in [1.82, 2.24) is 0 Å². The Balaban J connectivity index is 2.27. The molecule has 0 saturated carbocycles. The molecule has 0 bridgehead atoms. The molecule has 2 aromatic rings. The van der Waals surface area contributed by atoms with Crippen LogP contribution in [0.2, 0.25) is 0 Å². The van der Waals surface area contributed by atoms with Gasteiger partial charge in [0.1, 0.15) is 17.4 Å². The summed E-state index contributed by atoms with van der Waals surface area (Å²) in [6.07, 6.45) is 0. The number of anilines is 1. The summed E-state index contributed by atoms with van der Waals surface area (Å²) in [4.78, 5) is 23.5. The van der Waals surface area contributed by atoms with Crippen molar-refractivity contribution in [2.75, 3.05) is 5.32 Å². The summed E-state index contributed by atoms with van der Waals surface area (Å²) in [5.41, 5.74) is 9.74. The number of amides is 1. The first-order chi connectivity index (χ1) is 11.2. The molecule has 0 aliphatic rings. The number of aromatic hydroxyl groups is 1. The largest absolute Gasteiger partial charge is 0.507 e. The molecule has 6 nitrogen and oxygen atoms in total. The fourth-order valence-electron chi connectivity index (χ4n) is 2.82. The van der Waals surface area contributed by atoms with Crippen LogP contribution < -0.4 is 11.1 Å². The zero-order valence-electron chi connectivity index (χ0n) is 13.8. The molecule has 1 amide bonds. The van der Waals surface area contributed by atoms with Crippen LogP contribution in [-0.4, -0.2) is 22.1 Å². The average molecular weight is 328 g/mol. The molecule has 0 fully saturated rings. The van der Waals surface area contributed by atoms with Gasteiger partial charge in [-0.15, -0.1) is 0 Å². The van der Waals surface area contributed by atoms with E-state index < -0.39 is 17.9 Å². The summed E-state index contributed by atoms with van der Waals surface area (Å²) in [5.74, 6) is -2.10. The lowest BCUT2D eigenvalue weighted by Gasteiger charge is -2.18. The average Bonchev–Trinajstić information content (AvgIpc) is 2.47. The molecular formula is C18H20N2O4. The number of aryl methyl sites for hydroxylation is 3. The molecule has 1 unspecified atom stereocenters. The molecular weight excluding hydrogens is 308 g/mol. The van der Waals surface area contributed by atoms with Gasteiger partial charge in [0, 0.05) is 5.69 Å². The van der Waals surface area contributed by atoms with Gasteiger partial charge < -0.3 is 21.3 Å². The van der Waals surface area contributed by atoms with Crippen molar-refractivity contribution in [1.29, 1.82) is 0 Å².